The van der Waals surface area contributed by atoms with Crippen LogP contribution in [-0.4, -0.2) is 24.4 Å². The van der Waals surface area contributed by atoms with Crippen LogP contribution in [0.4, 0.5) is 8.78 Å². The molecule has 112 valence electrons. The zero-order valence-corrected chi connectivity index (χ0v) is 12.8. The lowest BCUT2D eigenvalue weighted by Crippen LogP contribution is -2.29. The normalized spacial score (nSPS) is 12.2. The van der Waals surface area contributed by atoms with Gasteiger partial charge in [0, 0.05) is 11.9 Å². The molecule has 3 nitrogen and oxygen atoms in total. The van der Waals surface area contributed by atoms with E-state index in [4.69, 9.17) is 0 Å². The number of benzene rings is 1. The zero-order valence-electron chi connectivity index (χ0n) is 11.2. The Morgan fingerprint density at radius 3 is 2.70 bits per heavy atom. The van der Waals surface area contributed by atoms with Crippen molar-refractivity contribution >= 4 is 21.8 Å². The number of nitrogens with one attached hydrogen (secondary N) is 1. The van der Waals surface area contributed by atoms with Gasteiger partial charge in [0.05, 0.1) is 5.56 Å². The summed E-state index contributed by atoms with van der Waals surface area (Å²) in [6.07, 6.45) is 1.90. The fourth-order valence-electron chi connectivity index (χ4n) is 1.79. The molecular weight excluding hydrogens is 332 g/mol. The standard InChI is InChI=1S/C14H18BrF2NO2/c1-2-10(7-8-15)9-18-13(19)11-5-3-4-6-12(11)20-14(16)17/h3-6,10,14H,2,7-9H2,1H3,(H,18,19). The van der Waals surface area contributed by atoms with E-state index in [0.717, 1.165) is 18.2 Å². The third kappa shape index (κ3) is 5.45. The average Bonchev–Trinajstić information content (AvgIpc) is 2.43. The van der Waals surface area contributed by atoms with Crippen LogP contribution >= 0.6 is 15.9 Å². The number of rotatable bonds is 8. The number of ether oxygens (including phenoxy) is 1. The fraction of sp³-hybridized carbons (Fsp3) is 0.500. The summed E-state index contributed by atoms with van der Waals surface area (Å²) in [7, 11) is 0. The van der Waals surface area contributed by atoms with Gasteiger partial charge in [-0.3, -0.25) is 4.79 Å². The summed E-state index contributed by atoms with van der Waals surface area (Å²) in [4.78, 5) is 12.0. The summed E-state index contributed by atoms with van der Waals surface area (Å²) in [6.45, 7) is -0.377. The zero-order chi connectivity index (χ0) is 15.0. The summed E-state index contributed by atoms with van der Waals surface area (Å²) in [5.41, 5.74) is 0.126. The first-order chi connectivity index (χ1) is 9.58. The summed E-state index contributed by atoms with van der Waals surface area (Å²) in [6, 6.07) is 5.99. The van der Waals surface area contributed by atoms with E-state index in [9.17, 15) is 13.6 Å². The van der Waals surface area contributed by atoms with Gasteiger partial charge in [-0.05, 0) is 24.5 Å². The van der Waals surface area contributed by atoms with E-state index in [0.29, 0.717) is 12.5 Å². The minimum Gasteiger partial charge on any atom is -0.434 e. The molecular formula is C14H18BrF2NO2. The number of hydrogen-bond acceptors (Lipinski definition) is 2. The van der Waals surface area contributed by atoms with E-state index in [2.05, 4.69) is 26.0 Å². The number of amides is 1. The Bertz CT molecular complexity index is 429. The molecule has 1 amide bonds. The molecule has 1 aromatic rings. The summed E-state index contributed by atoms with van der Waals surface area (Å²) >= 11 is 3.37. The first kappa shape index (κ1) is 16.9. The summed E-state index contributed by atoms with van der Waals surface area (Å²) in [5.74, 6) is -0.135. The van der Waals surface area contributed by atoms with E-state index in [1.807, 2.05) is 6.92 Å². The molecule has 0 saturated carbocycles. The summed E-state index contributed by atoms with van der Waals surface area (Å²) in [5, 5.41) is 3.63. The van der Waals surface area contributed by atoms with Gasteiger partial charge in [0.25, 0.3) is 5.91 Å². The number of carbonyl (C=O) groups is 1. The molecule has 0 radical (unpaired) electrons. The first-order valence-electron chi connectivity index (χ1n) is 6.46. The molecule has 1 atom stereocenters. The summed E-state index contributed by atoms with van der Waals surface area (Å²) < 4.78 is 28.9. The average molecular weight is 350 g/mol. The minimum atomic E-state index is -2.94. The first-order valence-corrected chi connectivity index (χ1v) is 7.58. The maximum absolute atomic E-state index is 12.3. The molecule has 1 unspecified atom stereocenters. The van der Waals surface area contributed by atoms with Crippen molar-refractivity contribution in [3.05, 3.63) is 29.8 Å². The van der Waals surface area contributed by atoms with E-state index in [1.165, 1.54) is 12.1 Å². The highest BCUT2D eigenvalue weighted by Crippen LogP contribution is 2.20. The van der Waals surface area contributed by atoms with Crippen LogP contribution in [-0.2, 0) is 0 Å². The van der Waals surface area contributed by atoms with Gasteiger partial charge in [-0.2, -0.15) is 8.78 Å². The van der Waals surface area contributed by atoms with Gasteiger partial charge in [0.2, 0.25) is 0 Å². The number of halogens is 3. The molecule has 20 heavy (non-hydrogen) atoms. The van der Waals surface area contributed by atoms with E-state index >= 15 is 0 Å². The van der Waals surface area contributed by atoms with E-state index in [-0.39, 0.29) is 11.3 Å². The van der Waals surface area contributed by atoms with Gasteiger partial charge >= 0.3 is 6.61 Å². The molecule has 0 aliphatic carbocycles. The van der Waals surface area contributed by atoms with E-state index in [1.54, 1.807) is 12.1 Å². The van der Waals surface area contributed by atoms with Crippen LogP contribution in [0.5, 0.6) is 5.75 Å². The molecule has 0 aliphatic heterocycles. The van der Waals surface area contributed by atoms with Crippen molar-refractivity contribution in [2.75, 3.05) is 11.9 Å². The number of alkyl halides is 3. The maximum atomic E-state index is 12.3. The second-order valence-corrected chi connectivity index (χ2v) is 5.13. The minimum absolute atomic E-state index is 0.103. The Morgan fingerprint density at radius 1 is 1.40 bits per heavy atom. The predicted molar refractivity (Wildman–Crippen MR) is 77.6 cm³/mol. The Labute approximate surface area is 125 Å². The van der Waals surface area contributed by atoms with Crippen LogP contribution in [0.1, 0.15) is 30.1 Å². The highest BCUT2D eigenvalue weighted by Gasteiger charge is 2.16. The van der Waals surface area contributed by atoms with Crippen LogP contribution in [0.3, 0.4) is 0 Å². The van der Waals surface area contributed by atoms with Crippen molar-refractivity contribution in [3.8, 4) is 5.75 Å². The predicted octanol–water partition coefficient (Wildman–Crippen LogP) is 3.83. The largest absolute Gasteiger partial charge is 0.434 e. The molecule has 1 aromatic carbocycles. The Balaban J connectivity index is 2.67. The Morgan fingerprint density at radius 2 is 2.10 bits per heavy atom. The lowest BCUT2D eigenvalue weighted by molar-refractivity contribution is -0.0501. The fourth-order valence-corrected chi connectivity index (χ4v) is 2.44. The van der Waals surface area contributed by atoms with Crippen molar-refractivity contribution in [1.29, 1.82) is 0 Å². The molecule has 1 N–H and O–H groups in total. The monoisotopic (exact) mass is 349 g/mol. The molecule has 0 aliphatic rings. The number of carbonyl (C=O) groups excluding carboxylic acids is 1. The second kappa shape index (κ2) is 8.89. The van der Waals surface area contributed by atoms with Gasteiger partial charge in [-0.15, -0.1) is 0 Å². The molecule has 0 fully saturated rings. The van der Waals surface area contributed by atoms with Crippen LogP contribution in [0.2, 0.25) is 0 Å². The molecule has 6 heteroatoms. The quantitative estimate of drug-likeness (QED) is 0.724. The van der Waals surface area contributed by atoms with Crippen molar-refractivity contribution < 1.29 is 18.3 Å². The smallest absolute Gasteiger partial charge is 0.387 e. The molecule has 1 rings (SSSR count). The van der Waals surface area contributed by atoms with Crippen molar-refractivity contribution in [3.63, 3.8) is 0 Å². The third-order valence-electron chi connectivity index (χ3n) is 2.99. The van der Waals surface area contributed by atoms with Gasteiger partial charge in [-0.1, -0.05) is 41.4 Å². The van der Waals surface area contributed by atoms with Crippen molar-refractivity contribution in [2.24, 2.45) is 5.92 Å². The molecule has 0 aromatic heterocycles. The van der Waals surface area contributed by atoms with Crippen LogP contribution in [0.25, 0.3) is 0 Å². The van der Waals surface area contributed by atoms with Gasteiger partial charge < -0.3 is 10.1 Å². The maximum Gasteiger partial charge on any atom is 0.387 e. The lowest BCUT2D eigenvalue weighted by Gasteiger charge is -2.15. The SMILES string of the molecule is CCC(CCBr)CNC(=O)c1ccccc1OC(F)F. The highest BCUT2D eigenvalue weighted by atomic mass is 79.9. The molecule has 0 bridgehead atoms. The van der Waals surface area contributed by atoms with Crippen LogP contribution in [0, 0.1) is 5.92 Å². The Kier molecular flexibility index (Phi) is 7.51. The van der Waals surface area contributed by atoms with Gasteiger partial charge in [0.1, 0.15) is 5.75 Å². The third-order valence-corrected chi connectivity index (χ3v) is 3.45. The second-order valence-electron chi connectivity index (χ2n) is 4.34. The molecule has 0 heterocycles. The van der Waals surface area contributed by atoms with Gasteiger partial charge in [-0.25, -0.2) is 0 Å². The highest BCUT2D eigenvalue weighted by molar-refractivity contribution is 9.09. The Hall–Kier alpha value is -1.17. The van der Waals surface area contributed by atoms with Gasteiger partial charge in [0.15, 0.2) is 0 Å². The van der Waals surface area contributed by atoms with Crippen molar-refractivity contribution in [1.82, 2.24) is 5.32 Å². The number of hydrogen-bond donors (Lipinski definition) is 1. The van der Waals surface area contributed by atoms with Crippen LogP contribution in [0.15, 0.2) is 24.3 Å². The number of para-hydroxylation sites is 1. The van der Waals surface area contributed by atoms with Crippen LogP contribution < -0.4 is 10.1 Å². The lowest BCUT2D eigenvalue weighted by atomic mass is 10.0. The van der Waals surface area contributed by atoms with Crippen molar-refractivity contribution in [2.45, 2.75) is 26.4 Å². The molecule has 0 saturated heterocycles. The molecule has 0 spiro atoms. The van der Waals surface area contributed by atoms with E-state index < -0.39 is 12.5 Å². The topological polar surface area (TPSA) is 38.3 Å².